The highest BCUT2D eigenvalue weighted by Gasteiger charge is 2.31. The Morgan fingerprint density at radius 1 is 1.14 bits per heavy atom. The summed E-state index contributed by atoms with van der Waals surface area (Å²) >= 11 is 1.45. The van der Waals surface area contributed by atoms with E-state index in [2.05, 4.69) is 15.5 Å². The van der Waals surface area contributed by atoms with E-state index >= 15 is 0 Å². The van der Waals surface area contributed by atoms with Crippen molar-refractivity contribution in [3.05, 3.63) is 30.1 Å². The van der Waals surface area contributed by atoms with E-state index in [1.165, 1.54) is 31.5 Å². The van der Waals surface area contributed by atoms with Crippen LogP contribution in [0.15, 0.2) is 29.4 Å². The number of anilines is 1. The van der Waals surface area contributed by atoms with Crippen molar-refractivity contribution in [2.45, 2.75) is 56.5 Å². The maximum Gasteiger partial charge on any atom is 0.233 e. The van der Waals surface area contributed by atoms with Gasteiger partial charge in [0.1, 0.15) is 5.82 Å². The quantitative estimate of drug-likeness (QED) is 0.732. The fourth-order valence-corrected chi connectivity index (χ4v) is 4.55. The predicted octanol–water partition coefficient (Wildman–Crippen LogP) is 3.60. The molecule has 1 aliphatic carbocycles. The van der Waals surface area contributed by atoms with Crippen molar-refractivity contribution in [2.75, 3.05) is 24.2 Å². The van der Waals surface area contributed by atoms with Gasteiger partial charge in [0.05, 0.1) is 11.4 Å². The van der Waals surface area contributed by atoms with E-state index in [4.69, 9.17) is 0 Å². The van der Waals surface area contributed by atoms with Gasteiger partial charge in [-0.05, 0) is 43.9 Å². The zero-order valence-corrected chi connectivity index (χ0v) is 17.6. The Labute approximate surface area is 175 Å². The number of thioether (sulfide) groups is 1. The Hall–Kier alpha value is -2.35. The van der Waals surface area contributed by atoms with Crippen LogP contribution < -0.4 is 5.32 Å². The molecule has 1 aliphatic heterocycles. The predicted molar refractivity (Wildman–Crippen MR) is 113 cm³/mol. The van der Waals surface area contributed by atoms with Gasteiger partial charge in [-0.15, -0.1) is 10.2 Å². The normalized spacial score (nSPS) is 17.1. The number of nitrogens with one attached hydrogen (secondary N) is 1. The fraction of sp³-hybridized carbons (Fsp3) is 0.524. The highest BCUT2D eigenvalue weighted by Crippen LogP contribution is 2.41. The molecule has 154 valence electrons. The molecule has 1 aromatic carbocycles. The van der Waals surface area contributed by atoms with Crippen LogP contribution in [-0.2, 0) is 9.59 Å². The Balaban J connectivity index is 1.54. The molecule has 0 unspecified atom stereocenters. The first-order chi connectivity index (χ1) is 14.1. The summed E-state index contributed by atoms with van der Waals surface area (Å²) in [6.07, 6.45) is 6.83. The average Bonchev–Trinajstić information content (AvgIpc) is 3.50. The third-order valence-electron chi connectivity index (χ3n) is 5.31. The molecule has 2 aliphatic rings. The minimum Gasteiger partial charge on any atom is -0.342 e. The first-order valence-electron chi connectivity index (χ1n) is 10.4. The second-order valence-corrected chi connectivity index (χ2v) is 8.71. The van der Waals surface area contributed by atoms with Crippen molar-refractivity contribution in [2.24, 2.45) is 0 Å². The summed E-state index contributed by atoms with van der Waals surface area (Å²) in [6, 6.07) is 7.69. The molecule has 2 amide bonds. The van der Waals surface area contributed by atoms with Crippen LogP contribution in [-0.4, -0.2) is 50.3 Å². The molecular weight excluding hydrogens is 386 g/mol. The molecule has 2 heterocycles. The van der Waals surface area contributed by atoms with E-state index in [0.29, 0.717) is 11.7 Å². The highest BCUT2D eigenvalue weighted by atomic mass is 32.2. The van der Waals surface area contributed by atoms with Gasteiger partial charge in [0, 0.05) is 31.6 Å². The van der Waals surface area contributed by atoms with Crippen LogP contribution in [0, 0.1) is 0 Å². The number of rotatable bonds is 6. The van der Waals surface area contributed by atoms with Crippen LogP contribution in [0.1, 0.15) is 57.2 Å². The molecular formula is C21H27N5O2S. The number of amides is 2. The van der Waals surface area contributed by atoms with E-state index in [9.17, 15) is 9.59 Å². The molecule has 0 spiro atoms. The lowest BCUT2D eigenvalue weighted by molar-refractivity contribution is -0.128. The first kappa shape index (κ1) is 19.9. The van der Waals surface area contributed by atoms with Crippen LogP contribution in [0.25, 0.3) is 5.69 Å². The number of carbonyl (C=O) groups excluding carboxylic acids is 2. The SMILES string of the molecule is CC(=O)Nc1cccc(-n2c(SCC(=O)N3CCCCCC3)nnc2C2CC2)c1. The lowest BCUT2D eigenvalue weighted by Gasteiger charge is -2.20. The number of aromatic nitrogens is 3. The van der Waals surface area contributed by atoms with Crippen molar-refractivity contribution in [3.63, 3.8) is 0 Å². The summed E-state index contributed by atoms with van der Waals surface area (Å²) < 4.78 is 2.04. The van der Waals surface area contributed by atoms with E-state index in [-0.39, 0.29) is 11.8 Å². The summed E-state index contributed by atoms with van der Waals surface area (Å²) in [5, 5.41) is 12.4. The maximum absolute atomic E-state index is 12.7. The van der Waals surface area contributed by atoms with Crippen molar-refractivity contribution in [1.82, 2.24) is 19.7 Å². The summed E-state index contributed by atoms with van der Waals surface area (Å²) in [5.41, 5.74) is 1.65. The van der Waals surface area contributed by atoms with Gasteiger partial charge in [0.25, 0.3) is 0 Å². The smallest absolute Gasteiger partial charge is 0.233 e. The number of hydrogen-bond donors (Lipinski definition) is 1. The molecule has 1 N–H and O–H groups in total. The van der Waals surface area contributed by atoms with Gasteiger partial charge in [-0.25, -0.2) is 0 Å². The van der Waals surface area contributed by atoms with Gasteiger partial charge in [0.2, 0.25) is 11.8 Å². The highest BCUT2D eigenvalue weighted by molar-refractivity contribution is 7.99. The van der Waals surface area contributed by atoms with Gasteiger partial charge >= 0.3 is 0 Å². The number of nitrogens with zero attached hydrogens (tertiary/aromatic N) is 4. The molecule has 8 heteroatoms. The van der Waals surface area contributed by atoms with Crippen molar-refractivity contribution < 1.29 is 9.59 Å². The Bertz CT molecular complexity index is 885. The second kappa shape index (κ2) is 8.98. The van der Waals surface area contributed by atoms with Crippen LogP contribution in [0.3, 0.4) is 0 Å². The molecule has 0 radical (unpaired) electrons. The molecule has 1 saturated carbocycles. The molecule has 29 heavy (non-hydrogen) atoms. The third kappa shape index (κ3) is 4.98. The number of benzene rings is 1. The topological polar surface area (TPSA) is 80.1 Å². The van der Waals surface area contributed by atoms with Gasteiger partial charge in [0.15, 0.2) is 5.16 Å². The van der Waals surface area contributed by atoms with Crippen LogP contribution >= 0.6 is 11.8 Å². The molecule has 1 aromatic heterocycles. The molecule has 2 aromatic rings. The van der Waals surface area contributed by atoms with E-state index in [1.807, 2.05) is 33.7 Å². The lowest BCUT2D eigenvalue weighted by atomic mass is 10.2. The van der Waals surface area contributed by atoms with E-state index in [0.717, 1.165) is 61.1 Å². The van der Waals surface area contributed by atoms with E-state index in [1.54, 1.807) is 0 Å². The summed E-state index contributed by atoms with van der Waals surface area (Å²) in [7, 11) is 0. The zero-order valence-electron chi connectivity index (χ0n) is 16.8. The standard InChI is InChI=1S/C21H27N5O2S/c1-15(27)22-17-7-6-8-18(13-17)26-20(16-9-10-16)23-24-21(26)29-14-19(28)25-11-4-2-3-5-12-25/h6-8,13,16H,2-5,9-12,14H2,1H3,(H,22,27). The zero-order chi connectivity index (χ0) is 20.2. The molecule has 4 rings (SSSR count). The monoisotopic (exact) mass is 413 g/mol. The number of likely N-dealkylation sites (tertiary alicyclic amines) is 1. The summed E-state index contributed by atoms with van der Waals surface area (Å²) in [6.45, 7) is 3.22. The van der Waals surface area contributed by atoms with Gasteiger partial charge < -0.3 is 10.2 Å². The fourth-order valence-electron chi connectivity index (χ4n) is 3.69. The van der Waals surface area contributed by atoms with Crippen molar-refractivity contribution >= 4 is 29.3 Å². The van der Waals surface area contributed by atoms with E-state index < -0.39 is 0 Å². The minimum absolute atomic E-state index is 0.106. The van der Waals surface area contributed by atoms with Crippen molar-refractivity contribution in [1.29, 1.82) is 0 Å². The van der Waals surface area contributed by atoms with Crippen LogP contribution in [0.4, 0.5) is 5.69 Å². The van der Waals surface area contributed by atoms with Crippen molar-refractivity contribution in [3.8, 4) is 5.69 Å². The van der Waals surface area contributed by atoms with Gasteiger partial charge in [-0.2, -0.15) is 0 Å². The Morgan fingerprint density at radius 2 is 1.90 bits per heavy atom. The minimum atomic E-state index is -0.106. The molecule has 7 nitrogen and oxygen atoms in total. The Kier molecular flexibility index (Phi) is 6.18. The van der Waals surface area contributed by atoms with Gasteiger partial charge in [-0.3, -0.25) is 14.2 Å². The van der Waals surface area contributed by atoms with Gasteiger partial charge in [-0.1, -0.05) is 30.7 Å². The average molecular weight is 414 g/mol. The first-order valence-corrected chi connectivity index (χ1v) is 11.3. The number of hydrogen-bond acceptors (Lipinski definition) is 5. The maximum atomic E-state index is 12.7. The Morgan fingerprint density at radius 3 is 2.59 bits per heavy atom. The molecule has 1 saturated heterocycles. The molecule has 2 fully saturated rings. The second-order valence-electron chi connectivity index (χ2n) is 7.77. The van der Waals surface area contributed by atoms with Crippen LogP contribution in [0.5, 0.6) is 0 Å². The van der Waals surface area contributed by atoms with Crippen LogP contribution in [0.2, 0.25) is 0 Å². The molecule has 0 bridgehead atoms. The molecule has 0 atom stereocenters. The third-order valence-corrected chi connectivity index (χ3v) is 6.22. The number of carbonyl (C=O) groups is 2. The largest absolute Gasteiger partial charge is 0.342 e. The lowest BCUT2D eigenvalue weighted by Crippen LogP contribution is -2.33. The summed E-state index contributed by atoms with van der Waals surface area (Å²) in [5.74, 6) is 1.79. The summed E-state index contributed by atoms with van der Waals surface area (Å²) in [4.78, 5) is 26.1.